The number of nitrogens with zero attached hydrogens (tertiary/aromatic N) is 1. The summed E-state index contributed by atoms with van der Waals surface area (Å²) in [6, 6.07) is 0.716. The average Bonchev–Trinajstić information content (AvgIpc) is 2.42. The first-order valence-corrected chi connectivity index (χ1v) is 7.32. The smallest absolute Gasteiger partial charge is 0.236 e. The van der Waals surface area contributed by atoms with Gasteiger partial charge in [0.15, 0.2) is 0 Å². The molecular weight excluding hydrogens is 228 g/mol. The molecule has 1 fully saturated rings. The molecule has 1 aliphatic rings. The Morgan fingerprint density at radius 3 is 2.61 bits per heavy atom. The predicted molar refractivity (Wildman–Crippen MR) is 73.4 cm³/mol. The quantitative estimate of drug-likeness (QED) is 0.726. The zero-order valence-corrected chi connectivity index (χ0v) is 11.8. The van der Waals surface area contributed by atoms with Gasteiger partial charge >= 0.3 is 0 Å². The Morgan fingerprint density at radius 2 is 2.06 bits per heavy atom. The van der Waals surface area contributed by atoms with Gasteiger partial charge in [-0.3, -0.25) is 4.79 Å². The molecule has 2 N–H and O–H groups in total. The lowest BCUT2D eigenvalue weighted by molar-refractivity contribution is -0.134. The van der Waals surface area contributed by atoms with Crippen molar-refractivity contribution in [3.63, 3.8) is 0 Å². The van der Waals surface area contributed by atoms with Crippen molar-refractivity contribution in [1.29, 1.82) is 0 Å². The number of hydrogen-bond acceptors (Lipinski definition) is 3. The average molecular weight is 256 g/mol. The van der Waals surface area contributed by atoms with Gasteiger partial charge in [-0.1, -0.05) is 26.2 Å². The molecular formula is C14H28N2O2. The lowest BCUT2D eigenvalue weighted by Gasteiger charge is -2.34. The standard InChI is InChI=1S/C14H28N2O2/c1-3-12(2)15-11-14(18)16(9-10-17)13-7-5-4-6-8-13/h12-13,15,17H,3-11H2,1-2H3. The number of aliphatic hydroxyl groups excluding tert-OH is 1. The Labute approximate surface area is 111 Å². The van der Waals surface area contributed by atoms with E-state index in [0.717, 1.165) is 19.3 Å². The molecule has 1 atom stereocenters. The Hall–Kier alpha value is -0.610. The predicted octanol–water partition coefficient (Wildman–Crippen LogP) is 1.53. The summed E-state index contributed by atoms with van der Waals surface area (Å²) < 4.78 is 0. The van der Waals surface area contributed by atoms with Gasteiger partial charge < -0.3 is 15.3 Å². The highest BCUT2D eigenvalue weighted by Gasteiger charge is 2.24. The molecule has 0 saturated heterocycles. The number of amides is 1. The topological polar surface area (TPSA) is 52.6 Å². The highest BCUT2D eigenvalue weighted by Crippen LogP contribution is 2.22. The second kappa shape index (κ2) is 8.48. The SMILES string of the molecule is CCC(C)NCC(=O)N(CCO)C1CCCCC1. The molecule has 0 radical (unpaired) electrons. The number of carbonyl (C=O) groups excluding carboxylic acids is 1. The zero-order valence-electron chi connectivity index (χ0n) is 11.8. The molecule has 0 heterocycles. The van der Waals surface area contributed by atoms with Gasteiger partial charge in [0.05, 0.1) is 13.2 Å². The van der Waals surface area contributed by atoms with E-state index in [1.54, 1.807) is 0 Å². The van der Waals surface area contributed by atoms with E-state index in [1.165, 1.54) is 19.3 Å². The highest BCUT2D eigenvalue weighted by molar-refractivity contribution is 5.78. The summed E-state index contributed by atoms with van der Waals surface area (Å²) in [6.07, 6.45) is 6.90. The first-order chi connectivity index (χ1) is 8.69. The molecule has 0 aliphatic heterocycles. The normalized spacial score (nSPS) is 18.6. The molecule has 1 unspecified atom stereocenters. The van der Waals surface area contributed by atoms with E-state index in [1.807, 2.05) is 4.90 Å². The minimum absolute atomic E-state index is 0.0611. The van der Waals surface area contributed by atoms with Crippen LogP contribution >= 0.6 is 0 Å². The van der Waals surface area contributed by atoms with E-state index in [0.29, 0.717) is 25.2 Å². The van der Waals surface area contributed by atoms with Crippen LogP contribution in [0, 0.1) is 0 Å². The lowest BCUT2D eigenvalue weighted by atomic mass is 9.94. The first kappa shape index (κ1) is 15.4. The van der Waals surface area contributed by atoms with Crippen LogP contribution in [-0.4, -0.2) is 47.7 Å². The summed E-state index contributed by atoms with van der Waals surface area (Å²) in [4.78, 5) is 14.1. The molecule has 0 aromatic heterocycles. The fourth-order valence-corrected chi connectivity index (χ4v) is 2.52. The number of hydrogen-bond donors (Lipinski definition) is 2. The van der Waals surface area contributed by atoms with Crippen LogP contribution in [0.3, 0.4) is 0 Å². The van der Waals surface area contributed by atoms with Crippen molar-refractivity contribution in [3.8, 4) is 0 Å². The van der Waals surface area contributed by atoms with E-state index in [-0.39, 0.29) is 12.5 Å². The van der Waals surface area contributed by atoms with Crippen molar-refractivity contribution >= 4 is 5.91 Å². The molecule has 4 heteroatoms. The van der Waals surface area contributed by atoms with E-state index >= 15 is 0 Å². The molecule has 1 aliphatic carbocycles. The number of carbonyl (C=O) groups is 1. The third kappa shape index (κ3) is 4.94. The minimum atomic E-state index is 0.0611. The molecule has 0 bridgehead atoms. The number of nitrogens with one attached hydrogen (secondary N) is 1. The van der Waals surface area contributed by atoms with Crippen LogP contribution in [0.1, 0.15) is 52.4 Å². The van der Waals surface area contributed by atoms with Crippen molar-refractivity contribution in [3.05, 3.63) is 0 Å². The largest absolute Gasteiger partial charge is 0.395 e. The van der Waals surface area contributed by atoms with Crippen molar-refractivity contribution in [2.24, 2.45) is 0 Å². The second-order valence-corrected chi connectivity index (χ2v) is 5.29. The third-order valence-electron chi connectivity index (χ3n) is 3.89. The van der Waals surface area contributed by atoms with Gasteiger partial charge in [0.2, 0.25) is 5.91 Å². The highest BCUT2D eigenvalue weighted by atomic mass is 16.3. The summed E-state index contributed by atoms with van der Waals surface area (Å²) in [5.74, 6) is 0.135. The maximum absolute atomic E-state index is 12.2. The summed E-state index contributed by atoms with van der Waals surface area (Å²) in [5, 5.41) is 12.4. The lowest BCUT2D eigenvalue weighted by Crippen LogP contribution is -2.47. The fourth-order valence-electron chi connectivity index (χ4n) is 2.52. The monoisotopic (exact) mass is 256 g/mol. The Balaban J connectivity index is 2.46. The molecule has 0 aromatic rings. The maximum Gasteiger partial charge on any atom is 0.236 e. The van der Waals surface area contributed by atoms with Gasteiger partial charge in [-0.05, 0) is 26.2 Å². The second-order valence-electron chi connectivity index (χ2n) is 5.29. The zero-order chi connectivity index (χ0) is 13.4. The molecule has 1 saturated carbocycles. The summed E-state index contributed by atoms with van der Waals surface area (Å²) in [7, 11) is 0. The van der Waals surface area contributed by atoms with Crippen molar-refractivity contribution in [2.75, 3.05) is 19.7 Å². The van der Waals surface area contributed by atoms with Gasteiger partial charge in [-0.25, -0.2) is 0 Å². The number of rotatable bonds is 7. The Kier molecular flexibility index (Phi) is 7.28. The van der Waals surface area contributed by atoms with Crippen molar-refractivity contribution in [2.45, 2.75) is 64.5 Å². The van der Waals surface area contributed by atoms with E-state index in [2.05, 4.69) is 19.2 Å². The summed E-state index contributed by atoms with van der Waals surface area (Å²) >= 11 is 0. The van der Waals surface area contributed by atoms with Crippen LogP contribution < -0.4 is 5.32 Å². The summed E-state index contributed by atoms with van der Waals surface area (Å²) in [5.41, 5.74) is 0. The van der Waals surface area contributed by atoms with Crippen molar-refractivity contribution in [1.82, 2.24) is 10.2 Å². The van der Waals surface area contributed by atoms with E-state index in [4.69, 9.17) is 5.11 Å². The van der Waals surface area contributed by atoms with Gasteiger partial charge in [-0.15, -0.1) is 0 Å². The van der Waals surface area contributed by atoms with Gasteiger partial charge in [-0.2, -0.15) is 0 Å². The van der Waals surface area contributed by atoms with Crippen LogP contribution in [0.5, 0.6) is 0 Å². The van der Waals surface area contributed by atoms with Gasteiger partial charge in [0.1, 0.15) is 0 Å². The molecule has 18 heavy (non-hydrogen) atoms. The van der Waals surface area contributed by atoms with Crippen LogP contribution in [0.25, 0.3) is 0 Å². The molecule has 0 aromatic carbocycles. The maximum atomic E-state index is 12.2. The fraction of sp³-hybridized carbons (Fsp3) is 0.929. The van der Waals surface area contributed by atoms with Crippen LogP contribution in [-0.2, 0) is 4.79 Å². The van der Waals surface area contributed by atoms with Crippen LogP contribution in [0.4, 0.5) is 0 Å². The van der Waals surface area contributed by atoms with Crippen molar-refractivity contribution < 1.29 is 9.90 Å². The summed E-state index contributed by atoms with van der Waals surface area (Å²) in [6.45, 7) is 5.13. The molecule has 1 amide bonds. The van der Waals surface area contributed by atoms with Crippen LogP contribution in [0.2, 0.25) is 0 Å². The molecule has 106 valence electrons. The molecule has 4 nitrogen and oxygen atoms in total. The Morgan fingerprint density at radius 1 is 1.39 bits per heavy atom. The molecule has 0 spiro atoms. The van der Waals surface area contributed by atoms with E-state index < -0.39 is 0 Å². The Bertz CT molecular complexity index is 240. The van der Waals surface area contributed by atoms with Gasteiger partial charge in [0, 0.05) is 18.6 Å². The third-order valence-corrected chi connectivity index (χ3v) is 3.89. The van der Waals surface area contributed by atoms with E-state index in [9.17, 15) is 4.79 Å². The molecule has 1 rings (SSSR count). The minimum Gasteiger partial charge on any atom is -0.395 e. The van der Waals surface area contributed by atoms with Crippen LogP contribution in [0.15, 0.2) is 0 Å². The van der Waals surface area contributed by atoms with Gasteiger partial charge in [0.25, 0.3) is 0 Å². The first-order valence-electron chi connectivity index (χ1n) is 7.32. The number of aliphatic hydroxyl groups is 1.